The van der Waals surface area contributed by atoms with Crippen LogP contribution in [0.4, 0.5) is 5.69 Å². The van der Waals surface area contributed by atoms with Gasteiger partial charge in [0.1, 0.15) is 0 Å². The van der Waals surface area contributed by atoms with Crippen LogP contribution in [-0.4, -0.2) is 22.4 Å². The van der Waals surface area contributed by atoms with Crippen molar-refractivity contribution in [2.45, 2.75) is 6.92 Å². The summed E-state index contributed by atoms with van der Waals surface area (Å²) in [7, 11) is 1.48. The molecular formula is C18H15NO3S2. The molecule has 0 bridgehead atoms. The molecule has 24 heavy (non-hydrogen) atoms. The first kappa shape index (κ1) is 16.5. The number of phenols is 1. The van der Waals surface area contributed by atoms with Gasteiger partial charge in [0.05, 0.1) is 17.7 Å². The van der Waals surface area contributed by atoms with E-state index in [1.165, 1.54) is 23.8 Å². The number of para-hydroxylation sites is 2. The SMILES string of the molecule is COc1cccc(C=C2SC(=S)N(c3ccccc3C)C2=O)c1O. The third-order valence-electron chi connectivity index (χ3n) is 3.69. The molecule has 0 atom stereocenters. The van der Waals surface area contributed by atoms with Gasteiger partial charge in [0.25, 0.3) is 5.91 Å². The van der Waals surface area contributed by atoms with E-state index >= 15 is 0 Å². The Morgan fingerprint density at radius 3 is 2.67 bits per heavy atom. The minimum atomic E-state index is -0.193. The first-order valence-corrected chi connectivity index (χ1v) is 8.45. The molecule has 0 unspecified atom stereocenters. The van der Waals surface area contributed by atoms with Gasteiger partial charge in [-0.25, -0.2) is 0 Å². The molecule has 3 rings (SSSR count). The molecule has 0 spiro atoms. The average Bonchev–Trinajstić information content (AvgIpc) is 2.84. The Morgan fingerprint density at radius 2 is 1.96 bits per heavy atom. The van der Waals surface area contributed by atoms with Gasteiger partial charge in [0.2, 0.25) is 0 Å². The van der Waals surface area contributed by atoms with Crippen LogP contribution in [0.3, 0.4) is 0 Å². The number of carbonyl (C=O) groups excluding carboxylic acids is 1. The largest absolute Gasteiger partial charge is 0.504 e. The highest BCUT2D eigenvalue weighted by atomic mass is 32.2. The standard InChI is InChI=1S/C18H15NO3S2/c1-11-6-3-4-8-13(11)19-17(21)15(24-18(19)23)10-12-7-5-9-14(22-2)16(12)20/h3-10,20H,1-2H3. The van der Waals surface area contributed by atoms with E-state index in [4.69, 9.17) is 17.0 Å². The van der Waals surface area contributed by atoms with Gasteiger partial charge in [-0.2, -0.15) is 0 Å². The molecule has 122 valence electrons. The number of methoxy groups -OCH3 is 1. The molecule has 2 aromatic carbocycles. The number of hydrogen-bond donors (Lipinski definition) is 1. The number of thioether (sulfide) groups is 1. The highest BCUT2D eigenvalue weighted by molar-refractivity contribution is 8.27. The number of nitrogens with zero attached hydrogens (tertiary/aromatic N) is 1. The van der Waals surface area contributed by atoms with E-state index in [2.05, 4.69) is 0 Å². The van der Waals surface area contributed by atoms with Crippen LogP contribution in [0.25, 0.3) is 6.08 Å². The molecule has 0 aliphatic carbocycles. The van der Waals surface area contributed by atoms with E-state index in [1.807, 2.05) is 31.2 Å². The van der Waals surface area contributed by atoms with E-state index in [1.54, 1.807) is 24.3 Å². The molecule has 6 heteroatoms. The van der Waals surface area contributed by atoms with E-state index < -0.39 is 0 Å². The second kappa shape index (κ2) is 6.67. The zero-order valence-corrected chi connectivity index (χ0v) is 14.8. The van der Waals surface area contributed by atoms with Crippen LogP contribution in [0, 0.1) is 6.92 Å². The number of rotatable bonds is 3. The van der Waals surface area contributed by atoms with E-state index in [0.29, 0.717) is 20.5 Å². The van der Waals surface area contributed by atoms with Gasteiger partial charge in [-0.15, -0.1) is 0 Å². The number of ether oxygens (including phenoxy) is 1. The lowest BCUT2D eigenvalue weighted by molar-refractivity contribution is -0.113. The summed E-state index contributed by atoms with van der Waals surface area (Å²) in [4.78, 5) is 14.8. The summed E-state index contributed by atoms with van der Waals surface area (Å²) >= 11 is 6.59. The smallest absolute Gasteiger partial charge is 0.270 e. The number of hydrogen-bond acceptors (Lipinski definition) is 5. The minimum Gasteiger partial charge on any atom is -0.504 e. The van der Waals surface area contributed by atoms with Crippen molar-refractivity contribution < 1.29 is 14.6 Å². The van der Waals surface area contributed by atoms with Gasteiger partial charge in [0.15, 0.2) is 15.8 Å². The van der Waals surface area contributed by atoms with Crippen molar-refractivity contribution in [3.63, 3.8) is 0 Å². The summed E-state index contributed by atoms with van der Waals surface area (Å²) in [6, 6.07) is 12.7. The second-order valence-electron chi connectivity index (χ2n) is 5.20. The van der Waals surface area contributed by atoms with Gasteiger partial charge in [0, 0.05) is 5.56 Å². The molecule has 0 saturated carbocycles. The number of amides is 1. The molecule has 1 aliphatic rings. The molecule has 0 radical (unpaired) electrons. The van der Waals surface area contributed by atoms with Gasteiger partial charge < -0.3 is 9.84 Å². The maximum Gasteiger partial charge on any atom is 0.270 e. The highest BCUT2D eigenvalue weighted by Crippen LogP contribution is 2.39. The monoisotopic (exact) mass is 357 g/mol. The van der Waals surface area contributed by atoms with Crippen molar-refractivity contribution >= 4 is 46.0 Å². The topological polar surface area (TPSA) is 49.8 Å². The normalized spacial score (nSPS) is 16.1. The number of aryl methyl sites for hydroxylation is 1. The molecule has 1 aliphatic heterocycles. The number of aromatic hydroxyl groups is 1. The summed E-state index contributed by atoms with van der Waals surface area (Å²) in [6.07, 6.45) is 1.63. The van der Waals surface area contributed by atoms with Crippen molar-refractivity contribution in [3.8, 4) is 11.5 Å². The highest BCUT2D eigenvalue weighted by Gasteiger charge is 2.34. The van der Waals surface area contributed by atoms with E-state index in [-0.39, 0.29) is 11.7 Å². The van der Waals surface area contributed by atoms with Crippen LogP contribution in [0.15, 0.2) is 47.4 Å². The molecule has 1 amide bonds. The van der Waals surface area contributed by atoms with Crippen LogP contribution >= 0.6 is 24.0 Å². The molecular weight excluding hydrogens is 342 g/mol. The number of anilines is 1. The summed E-state index contributed by atoms with van der Waals surface area (Å²) in [5.74, 6) is 0.167. The average molecular weight is 357 g/mol. The van der Waals surface area contributed by atoms with Gasteiger partial charge >= 0.3 is 0 Å². The lowest BCUT2D eigenvalue weighted by Crippen LogP contribution is -2.28. The fourth-order valence-electron chi connectivity index (χ4n) is 2.45. The number of thiocarbonyl (C=S) groups is 1. The first-order chi connectivity index (χ1) is 11.5. The number of phenolic OH excluding ortho intramolecular Hbond substituents is 1. The summed E-state index contributed by atoms with van der Waals surface area (Å²) in [6.45, 7) is 1.94. The van der Waals surface area contributed by atoms with Crippen molar-refractivity contribution in [2.75, 3.05) is 12.0 Å². The third kappa shape index (κ3) is 2.90. The second-order valence-corrected chi connectivity index (χ2v) is 6.88. The number of benzene rings is 2. The first-order valence-electron chi connectivity index (χ1n) is 7.22. The fourth-order valence-corrected chi connectivity index (χ4v) is 3.73. The molecule has 4 nitrogen and oxygen atoms in total. The van der Waals surface area contributed by atoms with Crippen LogP contribution in [0.1, 0.15) is 11.1 Å². The predicted molar refractivity (Wildman–Crippen MR) is 101 cm³/mol. The van der Waals surface area contributed by atoms with Crippen LogP contribution in [0.5, 0.6) is 11.5 Å². The molecule has 1 N–H and O–H groups in total. The van der Waals surface area contributed by atoms with Crippen molar-refractivity contribution in [1.82, 2.24) is 0 Å². The lowest BCUT2D eigenvalue weighted by atomic mass is 10.1. The molecule has 1 fully saturated rings. The predicted octanol–water partition coefficient (Wildman–Crippen LogP) is 4.12. The summed E-state index contributed by atoms with van der Waals surface area (Å²) in [5.41, 5.74) is 2.26. The Morgan fingerprint density at radius 1 is 1.21 bits per heavy atom. The fraction of sp³-hybridized carbons (Fsp3) is 0.111. The van der Waals surface area contributed by atoms with Gasteiger partial charge in [-0.05, 0) is 30.7 Å². The minimum absolute atomic E-state index is 0.00107. The van der Waals surface area contributed by atoms with Crippen LogP contribution in [-0.2, 0) is 4.79 Å². The maximum atomic E-state index is 12.8. The quantitative estimate of drug-likeness (QED) is 0.662. The summed E-state index contributed by atoms with van der Waals surface area (Å²) in [5, 5.41) is 10.2. The zero-order valence-electron chi connectivity index (χ0n) is 13.1. The Hall–Kier alpha value is -2.31. The van der Waals surface area contributed by atoms with Crippen LogP contribution in [0.2, 0.25) is 0 Å². The number of carbonyl (C=O) groups is 1. The molecule has 2 aromatic rings. The maximum absolute atomic E-state index is 12.8. The Kier molecular flexibility index (Phi) is 4.59. The van der Waals surface area contributed by atoms with Crippen molar-refractivity contribution in [2.24, 2.45) is 0 Å². The van der Waals surface area contributed by atoms with Crippen molar-refractivity contribution in [3.05, 3.63) is 58.5 Å². The molecule has 1 heterocycles. The molecule has 1 saturated heterocycles. The van der Waals surface area contributed by atoms with E-state index in [0.717, 1.165) is 11.3 Å². The Bertz CT molecular complexity index is 861. The van der Waals surface area contributed by atoms with E-state index in [9.17, 15) is 9.90 Å². The van der Waals surface area contributed by atoms with Crippen molar-refractivity contribution in [1.29, 1.82) is 0 Å². The van der Waals surface area contributed by atoms with Gasteiger partial charge in [-0.1, -0.05) is 54.3 Å². The summed E-state index contributed by atoms with van der Waals surface area (Å²) < 4.78 is 5.57. The molecule has 0 aromatic heterocycles. The van der Waals surface area contributed by atoms with Gasteiger partial charge in [-0.3, -0.25) is 9.69 Å². The zero-order chi connectivity index (χ0) is 17.3. The third-order valence-corrected chi connectivity index (χ3v) is 4.99. The Balaban J connectivity index is 1.99. The lowest BCUT2D eigenvalue weighted by Gasteiger charge is -2.16. The Labute approximate surface area is 149 Å². The van der Waals surface area contributed by atoms with Crippen LogP contribution < -0.4 is 9.64 Å².